The zero-order valence-corrected chi connectivity index (χ0v) is 15.0. The smallest absolute Gasteiger partial charge is 0.270 e. The van der Waals surface area contributed by atoms with Crippen molar-refractivity contribution in [3.05, 3.63) is 24.0 Å². The van der Waals surface area contributed by atoms with Crippen molar-refractivity contribution in [3.63, 3.8) is 0 Å². The molecule has 0 saturated carbocycles. The van der Waals surface area contributed by atoms with E-state index in [4.69, 9.17) is 4.74 Å². The summed E-state index contributed by atoms with van der Waals surface area (Å²) in [4.78, 5) is 14.5. The van der Waals surface area contributed by atoms with Crippen LogP contribution in [0, 0.1) is 0 Å². The summed E-state index contributed by atoms with van der Waals surface area (Å²) in [7, 11) is -1.35. The highest BCUT2D eigenvalue weighted by molar-refractivity contribution is 7.88. The molecule has 0 unspecified atom stereocenters. The summed E-state index contributed by atoms with van der Waals surface area (Å²) in [6.07, 6.45) is 6.44. The van der Waals surface area contributed by atoms with E-state index in [1.165, 1.54) is 0 Å². The number of likely N-dealkylation sites (tertiary alicyclic amines) is 1. The molecule has 2 atom stereocenters. The third kappa shape index (κ3) is 3.81. The standard InChI is InChI=1S/C16H25N3O4S/c1-18-9-4-6-14(18)15(20)19-10-8-16(12-19)7-3-5-13(23-16)11-17-24(2,21)22/h4,6,9,13,17H,3,5,7-8,10-12H2,1-2H3/t13-,16+/m1/s1. The summed E-state index contributed by atoms with van der Waals surface area (Å²) in [6, 6.07) is 3.69. The zero-order valence-electron chi connectivity index (χ0n) is 14.2. The van der Waals surface area contributed by atoms with E-state index in [2.05, 4.69) is 4.72 Å². The van der Waals surface area contributed by atoms with Crippen LogP contribution in [0.4, 0.5) is 0 Å². The minimum Gasteiger partial charge on any atom is -0.368 e. The Hall–Kier alpha value is -1.38. The number of aromatic nitrogens is 1. The minimum atomic E-state index is -3.21. The number of aryl methyl sites for hydroxylation is 1. The van der Waals surface area contributed by atoms with Crippen LogP contribution in [0.15, 0.2) is 18.3 Å². The van der Waals surface area contributed by atoms with E-state index >= 15 is 0 Å². The largest absolute Gasteiger partial charge is 0.368 e. The molecule has 1 spiro atoms. The quantitative estimate of drug-likeness (QED) is 0.863. The lowest BCUT2D eigenvalue weighted by atomic mass is 9.90. The van der Waals surface area contributed by atoms with Crippen molar-refractivity contribution in [1.82, 2.24) is 14.2 Å². The van der Waals surface area contributed by atoms with Crippen molar-refractivity contribution in [2.75, 3.05) is 25.9 Å². The molecule has 0 bridgehead atoms. The molecule has 1 amide bonds. The summed E-state index contributed by atoms with van der Waals surface area (Å²) in [5.41, 5.74) is 0.348. The maximum Gasteiger partial charge on any atom is 0.270 e. The molecule has 8 heteroatoms. The Morgan fingerprint density at radius 2 is 2.25 bits per heavy atom. The summed E-state index contributed by atoms with van der Waals surface area (Å²) in [5.74, 6) is 0.0272. The second kappa shape index (κ2) is 6.50. The Morgan fingerprint density at radius 1 is 1.46 bits per heavy atom. The summed E-state index contributed by atoms with van der Waals surface area (Å²) in [6.45, 7) is 1.55. The highest BCUT2D eigenvalue weighted by atomic mass is 32.2. The van der Waals surface area contributed by atoms with E-state index in [9.17, 15) is 13.2 Å². The van der Waals surface area contributed by atoms with Crippen LogP contribution in [0.25, 0.3) is 0 Å². The van der Waals surface area contributed by atoms with Crippen LogP contribution in [0.1, 0.15) is 36.2 Å². The first kappa shape index (κ1) is 17.4. The Labute approximate surface area is 143 Å². The van der Waals surface area contributed by atoms with Crippen molar-refractivity contribution < 1.29 is 17.9 Å². The lowest BCUT2D eigenvalue weighted by Crippen LogP contribution is -2.47. The molecule has 1 N–H and O–H groups in total. The SMILES string of the molecule is Cn1cccc1C(=O)N1CC[C@@]2(CCC[C@H](CNS(C)(=O)=O)O2)C1. The van der Waals surface area contributed by atoms with Crippen LogP contribution in [0.3, 0.4) is 0 Å². The van der Waals surface area contributed by atoms with Gasteiger partial charge < -0.3 is 14.2 Å². The summed E-state index contributed by atoms with van der Waals surface area (Å²) >= 11 is 0. The second-order valence-electron chi connectivity index (χ2n) is 6.92. The Bertz CT molecular complexity index is 715. The van der Waals surface area contributed by atoms with E-state index < -0.39 is 10.0 Å². The number of ether oxygens (including phenoxy) is 1. The number of hydrogen-bond acceptors (Lipinski definition) is 4. The molecule has 2 aliphatic rings. The molecule has 7 nitrogen and oxygen atoms in total. The molecular formula is C16H25N3O4S. The monoisotopic (exact) mass is 355 g/mol. The highest BCUT2D eigenvalue weighted by Gasteiger charge is 2.44. The molecule has 1 aromatic heterocycles. The fourth-order valence-electron chi connectivity index (χ4n) is 3.67. The number of nitrogens with zero attached hydrogens (tertiary/aromatic N) is 2. The van der Waals surface area contributed by atoms with Crippen LogP contribution in [-0.4, -0.2) is 61.4 Å². The van der Waals surface area contributed by atoms with Gasteiger partial charge >= 0.3 is 0 Å². The van der Waals surface area contributed by atoms with Gasteiger partial charge in [-0.25, -0.2) is 13.1 Å². The highest BCUT2D eigenvalue weighted by Crippen LogP contribution is 2.37. The third-order valence-electron chi connectivity index (χ3n) is 4.91. The average Bonchev–Trinajstić information content (AvgIpc) is 3.11. The first-order chi connectivity index (χ1) is 11.3. The van der Waals surface area contributed by atoms with Crippen LogP contribution in [0.5, 0.6) is 0 Å². The van der Waals surface area contributed by atoms with Gasteiger partial charge in [-0.3, -0.25) is 4.79 Å². The van der Waals surface area contributed by atoms with E-state index in [0.717, 1.165) is 31.9 Å². The average molecular weight is 355 g/mol. The van der Waals surface area contributed by atoms with Gasteiger partial charge in [0.2, 0.25) is 10.0 Å². The van der Waals surface area contributed by atoms with E-state index in [-0.39, 0.29) is 17.6 Å². The van der Waals surface area contributed by atoms with Gasteiger partial charge in [0.05, 0.1) is 24.5 Å². The molecule has 24 heavy (non-hydrogen) atoms. The topological polar surface area (TPSA) is 80.6 Å². The lowest BCUT2D eigenvalue weighted by Gasteiger charge is -2.38. The number of sulfonamides is 1. The van der Waals surface area contributed by atoms with Gasteiger partial charge in [-0.15, -0.1) is 0 Å². The molecule has 0 aromatic carbocycles. The van der Waals surface area contributed by atoms with Crippen molar-refractivity contribution in [2.24, 2.45) is 7.05 Å². The molecular weight excluding hydrogens is 330 g/mol. The van der Waals surface area contributed by atoms with Crippen molar-refractivity contribution >= 4 is 15.9 Å². The predicted molar refractivity (Wildman–Crippen MR) is 90.2 cm³/mol. The molecule has 134 valence electrons. The maximum atomic E-state index is 12.7. The number of nitrogens with one attached hydrogen (secondary N) is 1. The van der Waals surface area contributed by atoms with Gasteiger partial charge in [0, 0.05) is 26.3 Å². The Morgan fingerprint density at radius 3 is 2.92 bits per heavy atom. The normalized spacial score (nSPS) is 27.8. The molecule has 0 radical (unpaired) electrons. The van der Waals surface area contributed by atoms with Gasteiger partial charge in [-0.1, -0.05) is 0 Å². The van der Waals surface area contributed by atoms with E-state index in [1.807, 2.05) is 34.8 Å². The second-order valence-corrected chi connectivity index (χ2v) is 8.75. The van der Waals surface area contributed by atoms with Crippen molar-refractivity contribution in [3.8, 4) is 0 Å². The Kier molecular flexibility index (Phi) is 4.72. The lowest BCUT2D eigenvalue weighted by molar-refractivity contribution is -0.116. The molecule has 2 saturated heterocycles. The third-order valence-corrected chi connectivity index (χ3v) is 5.61. The first-order valence-electron chi connectivity index (χ1n) is 8.31. The minimum absolute atomic E-state index is 0.0272. The molecule has 1 aromatic rings. The summed E-state index contributed by atoms with van der Waals surface area (Å²) in [5, 5.41) is 0. The number of hydrogen-bond donors (Lipinski definition) is 1. The fraction of sp³-hybridized carbons (Fsp3) is 0.688. The van der Waals surface area contributed by atoms with Gasteiger partial charge in [-0.05, 0) is 37.8 Å². The first-order valence-corrected chi connectivity index (χ1v) is 10.2. The fourth-order valence-corrected chi connectivity index (χ4v) is 4.16. The van der Waals surface area contributed by atoms with Crippen molar-refractivity contribution in [2.45, 2.75) is 37.4 Å². The van der Waals surface area contributed by atoms with Crippen LogP contribution in [-0.2, 0) is 21.8 Å². The molecule has 3 rings (SSSR count). The van der Waals surface area contributed by atoms with Crippen molar-refractivity contribution in [1.29, 1.82) is 0 Å². The molecule has 2 aliphatic heterocycles. The number of rotatable bonds is 4. The van der Waals surface area contributed by atoms with Crippen LogP contribution < -0.4 is 4.72 Å². The van der Waals surface area contributed by atoms with Gasteiger partial charge in [0.1, 0.15) is 5.69 Å². The number of carbonyl (C=O) groups is 1. The van der Waals surface area contributed by atoms with Gasteiger partial charge in [0.25, 0.3) is 5.91 Å². The number of amides is 1. The zero-order chi connectivity index (χ0) is 17.4. The predicted octanol–water partition coefficient (Wildman–Crippen LogP) is 0.728. The van der Waals surface area contributed by atoms with E-state index in [1.54, 1.807) is 0 Å². The molecule has 2 fully saturated rings. The molecule has 3 heterocycles. The van der Waals surface area contributed by atoms with E-state index in [0.29, 0.717) is 25.3 Å². The summed E-state index contributed by atoms with van der Waals surface area (Å²) < 4.78 is 33.1. The molecule has 0 aliphatic carbocycles. The van der Waals surface area contributed by atoms with Crippen LogP contribution >= 0.6 is 0 Å². The van der Waals surface area contributed by atoms with Gasteiger partial charge in [-0.2, -0.15) is 0 Å². The Balaban J connectivity index is 1.63. The van der Waals surface area contributed by atoms with Crippen LogP contribution in [0.2, 0.25) is 0 Å². The number of carbonyl (C=O) groups excluding carboxylic acids is 1. The van der Waals surface area contributed by atoms with Gasteiger partial charge in [0.15, 0.2) is 0 Å². The maximum absolute atomic E-state index is 12.7.